The van der Waals surface area contributed by atoms with Crippen molar-refractivity contribution in [3.05, 3.63) is 39.3 Å². The Bertz CT molecular complexity index is 1270. The molecule has 0 aliphatic carbocycles. The minimum Gasteiger partial charge on any atom is -0.344 e. The van der Waals surface area contributed by atoms with Crippen LogP contribution in [0.15, 0.2) is 11.1 Å². The summed E-state index contributed by atoms with van der Waals surface area (Å²) in [5.41, 5.74) is 3.63. The highest BCUT2D eigenvalue weighted by molar-refractivity contribution is 8.00. The van der Waals surface area contributed by atoms with Gasteiger partial charge in [-0.05, 0) is 52.7 Å². The van der Waals surface area contributed by atoms with Crippen molar-refractivity contribution in [2.24, 2.45) is 0 Å². The molecule has 9 heteroatoms. The van der Waals surface area contributed by atoms with E-state index in [1.54, 1.807) is 11.3 Å². The van der Waals surface area contributed by atoms with Gasteiger partial charge in [0.05, 0.1) is 17.3 Å². The molecule has 3 aromatic rings. The van der Waals surface area contributed by atoms with E-state index in [1.165, 1.54) is 22.2 Å². The van der Waals surface area contributed by atoms with E-state index in [0.717, 1.165) is 26.6 Å². The molecule has 1 aliphatic heterocycles. The van der Waals surface area contributed by atoms with Gasteiger partial charge in [0, 0.05) is 33.3 Å². The van der Waals surface area contributed by atoms with Crippen LogP contribution in [0.25, 0.3) is 10.2 Å². The lowest BCUT2D eigenvalue weighted by atomic mass is 10.2. The van der Waals surface area contributed by atoms with E-state index in [9.17, 15) is 13.2 Å². The number of hydrogen-bond acceptors (Lipinski definition) is 7. The first-order valence-corrected chi connectivity index (χ1v) is 13.5. The monoisotopic (exact) mass is 463 g/mol. The molecule has 0 unspecified atom stereocenters. The summed E-state index contributed by atoms with van der Waals surface area (Å²) in [4.78, 5) is 24.4. The van der Waals surface area contributed by atoms with Crippen molar-refractivity contribution in [1.29, 1.82) is 0 Å². The lowest BCUT2D eigenvalue weighted by molar-refractivity contribution is 0.102. The van der Waals surface area contributed by atoms with Crippen LogP contribution in [-0.2, 0) is 9.84 Å². The number of thiophene rings is 1. The van der Waals surface area contributed by atoms with Gasteiger partial charge in [0.2, 0.25) is 0 Å². The maximum absolute atomic E-state index is 13.1. The molecule has 1 fully saturated rings. The number of ketones is 1. The number of aromatic nitrogens is 3. The molecule has 0 radical (unpaired) electrons. The average molecular weight is 464 g/mol. The van der Waals surface area contributed by atoms with Gasteiger partial charge in [-0.25, -0.2) is 18.4 Å². The van der Waals surface area contributed by atoms with Crippen molar-refractivity contribution in [2.75, 3.05) is 17.3 Å². The Morgan fingerprint density at radius 1 is 1.23 bits per heavy atom. The first-order valence-electron chi connectivity index (χ1n) is 9.86. The van der Waals surface area contributed by atoms with Gasteiger partial charge in [-0.2, -0.15) is 0 Å². The fourth-order valence-electron chi connectivity index (χ4n) is 4.23. The maximum Gasteiger partial charge on any atom is 0.174 e. The van der Waals surface area contributed by atoms with Crippen molar-refractivity contribution >= 4 is 48.9 Å². The molecule has 4 rings (SSSR count). The molecule has 0 aromatic carbocycles. The lowest BCUT2D eigenvalue weighted by Crippen LogP contribution is -2.14. The summed E-state index contributed by atoms with van der Waals surface area (Å²) in [5.74, 6) is 1.40. The number of Topliss-reactive ketones (excluding diaryl/α,β-unsaturated/α-hetero) is 1. The first kappa shape index (κ1) is 21.5. The van der Waals surface area contributed by atoms with Gasteiger partial charge in [-0.15, -0.1) is 11.3 Å². The molecule has 0 saturated carbocycles. The fraction of sp³-hybridized carbons (Fsp3) is 0.476. The Morgan fingerprint density at radius 3 is 2.63 bits per heavy atom. The molecule has 3 aromatic heterocycles. The third-order valence-electron chi connectivity index (χ3n) is 5.81. The van der Waals surface area contributed by atoms with Crippen molar-refractivity contribution in [3.63, 3.8) is 0 Å². The largest absolute Gasteiger partial charge is 0.344 e. The van der Waals surface area contributed by atoms with Gasteiger partial charge >= 0.3 is 0 Å². The first-order chi connectivity index (χ1) is 14.1. The van der Waals surface area contributed by atoms with E-state index < -0.39 is 9.84 Å². The number of aryl methyl sites for hydroxylation is 4. The Labute approximate surface area is 185 Å². The molecule has 0 bridgehead atoms. The minimum absolute atomic E-state index is 0.0363. The van der Waals surface area contributed by atoms with E-state index in [2.05, 4.69) is 23.8 Å². The average Bonchev–Trinajstić information content (AvgIpc) is 3.26. The smallest absolute Gasteiger partial charge is 0.174 e. The molecule has 0 N–H and O–H groups in total. The summed E-state index contributed by atoms with van der Waals surface area (Å²) in [6.45, 7) is 9.88. The highest BCUT2D eigenvalue weighted by atomic mass is 32.2. The Kier molecular flexibility index (Phi) is 5.57. The summed E-state index contributed by atoms with van der Waals surface area (Å²) in [5, 5.41) is 1.89. The van der Waals surface area contributed by atoms with E-state index in [-0.39, 0.29) is 29.1 Å². The zero-order valence-corrected chi connectivity index (χ0v) is 20.2. The molecule has 30 heavy (non-hydrogen) atoms. The molecule has 6 nitrogen and oxygen atoms in total. The van der Waals surface area contributed by atoms with Crippen molar-refractivity contribution < 1.29 is 13.2 Å². The second kappa shape index (κ2) is 7.76. The fourth-order valence-corrected chi connectivity index (χ4v) is 8.08. The second-order valence-corrected chi connectivity index (χ2v) is 12.4. The van der Waals surface area contributed by atoms with Gasteiger partial charge in [0.25, 0.3) is 0 Å². The molecule has 1 atom stereocenters. The van der Waals surface area contributed by atoms with Crippen LogP contribution >= 0.6 is 23.1 Å². The van der Waals surface area contributed by atoms with Crippen LogP contribution in [0.1, 0.15) is 50.5 Å². The number of carbonyl (C=O) groups excluding carboxylic acids is 1. The number of carbonyl (C=O) groups is 1. The molecular formula is C21H25N3O3S3. The van der Waals surface area contributed by atoms with Crippen LogP contribution in [0.4, 0.5) is 0 Å². The number of nitrogens with zero attached hydrogens (tertiary/aromatic N) is 3. The summed E-state index contributed by atoms with van der Waals surface area (Å²) >= 11 is 3.11. The normalized spacial score (nSPS) is 18.4. The number of rotatable bonds is 5. The van der Waals surface area contributed by atoms with Crippen LogP contribution in [0.5, 0.6) is 0 Å². The predicted octanol–water partition coefficient (Wildman–Crippen LogP) is 4.37. The summed E-state index contributed by atoms with van der Waals surface area (Å²) in [6, 6.07) is 1.81. The highest BCUT2D eigenvalue weighted by Crippen LogP contribution is 2.36. The Hall–Kier alpha value is -1.71. The van der Waals surface area contributed by atoms with Crippen LogP contribution in [0.3, 0.4) is 0 Å². The van der Waals surface area contributed by atoms with Gasteiger partial charge < -0.3 is 4.57 Å². The molecule has 1 saturated heterocycles. The predicted molar refractivity (Wildman–Crippen MR) is 123 cm³/mol. The molecule has 4 heterocycles. The quantitative estimate of drug-likeness (QED) is 0.317. The highest BCUT2D eigenvalue weighted by Gasteiger charge is 2.31. The zero-order valence-electron chi connectivity index (χ0n) is 17.8. The summed E-state index contributed by atoms with van der Waals surface area (Å²) in [7, 11) is -2.98. The minimum atomic E-state index is -2.98. The molecule has 0 spiro atoms. The van der Waals surface area contributed by atoms with Gasteiger partial charge in [0.1, 0.15) is 15.7 Å². The molecule has 0 amide bonds. The number of thioether (sulfide) groups is 1. The topological polar surface area (TPSA) is 81.9 Å². The lowest BCUT2D eigenvalue weighted by Gasteiger charge is -2.16. The van der Waals surface area contributed by atoms with Crippen molar-refractivity contribution in [3.8, 4) is 0 Å². The third-order valence-corrected chi connectivity index (χ3v) is 9.63. The van der Waals surface area contributed by atoms with E-state index in [4.69, 9.17) is 0 Å². The van der Waals surface area contributed by atoms with Gasteiger partial charge in [0.15, 0.2) is 15.6 Å². The maximum atomic E-state index is 13.1. The third kappa shape index (κ3) is 3.83. The van der Waals surface area contributed by atoms with Crippen LogP contribution in [0.2, 0.25) is 0 Å². The number of fused-ring (bicyclic) bond motifs is 1. The van der Waals surface area contributed by atoms with Crippen molar-refractivity contribution in [2.45, 2.75) is 52.1 Å². The van der Waals surface area contributed by atoms with E-state index >= 15 is 0 Å². The van der Waals surface area contributed by atoms with Crippen LogP contribution in [-0.4, -0.2) is 46.0 Å². The number of sulfone groups is 1. The SMILES string of the molecule is Cc1nc(SCC(=O)c2cc(C)n([C@H]3CCS(=O)(=O)C3)c2C)c2c(C)c(C)sc2n1. The Balaban J connectivity index is 1.59. The second-order valence-electron chi connectivity index (χ2n) is 7.96. The van der Waals surface area contributed by atoms with E-state index in [1.807, 2.05) is 31.4 Å². The Morgan fingerprint density at radius 2 is 1.97 bits per heavy atom. The molecule has 1 aliphatic rings. The van der Waals surface area contributed by atoms with Gasteiger partial charge in [-0.3, -0.25) is 4.79 Å². The standard InChI is InChI=1S/C21H25N3O3S3/c1-11-8-17(13(3)24(11)16-6-7-30(26,27)10-16)18(25)9-28-20-19-12(2)14(4)29-21(19)23-15(5)22-20/h8,16H,6-7,9-10H2,1-5H3/t16-/m0/s1. The molecule has 160 valence electrons. The van der Waals surface area contributed by atoms with Crippen LogP contribution < -0.4 is 0 Å². The summed E-state index contributed by atoms with van der Waals surface area (Å²) in [6.07, 6.45) is 0.607. The van der Waals surface area contributed by atoms with Gasteiger partial charge in [-0.1, -0.05) is 11.8 Å². The molecular weight excluding hydrogens is 438 g/mol. The van der Waals surface area contributed by atoms with E-state index in [0.29, 0.717) is 17.8 Å². The van der Waals surface area contributed by atoms with Crippen LogP contribution in [0, 0.1) is 34.6 Å². The summed E-state index contributed by atoms with van der Waals surface area (Å²) < 4.78 is 25.8. The number of hydrogen-bond donors (Lipinski definition) is 0. The zero-order chi connectivity index (χ0) is 21.8. The van der Waals surface area contributed by atoms with Crippen molar-refractivity contribution in [1.82, 2.24) is 14.5 Å².